The highest BCUT2D eigenvalue weighted by atomic mass is 35.5. The molecule has 2 aromatic rings. The molecule has 0 bridgehead atoms. The maximum atomic E-state index is 13.1. The van der Waals surface area contributed by atoms with E-state index in [2.05, 4.69) is 5.32 Å². The molecular weight excluding hydrogens is 391 g/mol. The smallest absolute Gasteiger partial charge is 0.255 e. The minimum atomic E-state index is -3.68. The minimum absolute atomic E-state index is 0.0641. The van der Waals surface area contributed by atoms with Crippen molar-refractivity contribution in [2.75, 3.05) is 11.9 Å². The van der Waals surface area contributed by atoms with Crippen LogP contribution in [0.25, 0.3) is 0 Å². The van der Waals surface area contributed by atoms with Gasteiger partial charge < -0.3 is 5.32 Å². The molecule has 1 fully saturated rings. The van der Waals surface area contributed by atoms with Gasteiger partial charge in [0.25, 0.3) is 5.91 Å². The highest BCUT2D eigenvalue weighted by Crippen LogP contribution is 2.26. The molecule has 1 atom stereocenters. The maximum absolute atomic E-state index is 13.1. The first kappa shape index (κ1) is 19.8. The van der Waals surface area contributed by atoms with Crippen LogP contribution in [0.2, 0.25) is 5.02 Å². The molecule has 0 spiro atoms. The molecule has 1 aliphatic heterocycles. The predicted molar refractivity (Wildman–Crippen MR) is 103 cm³/mol. The van der Waals surface area contributed by atoms with Gasteiger partial charge in [0.1, 0.15) is 5.82 Å². The van der Waals surface area contributed by atoms with Gasteiger partial charge in [-0.15, -0.1) is 0 Å². The van der Waals surface area contributed by atoms with Gasteiger partial charge in [0.2, 0.25) is 10.0 Å². The summed E-state index contributed by atoms with van der Waals surface area (Å²) in [5.74, 6) is -1.03. The maximum Gasteiger partial charge on any atom is 0.255 e. The number of nitrogens with one attached hydrogen (secondary N) is 1. The summed E-state index contributed by atoms with van der Waals surface area (Å²) < 4.78 is 40.5. The second-order valence-electron chi connectivity index (χ2n) is 6.57. The molecule has 1 heterocycles. The first-order valence-corrected chi connectivity index (χ1v) is 10.5. The minimum Gasteiger partial charge on any atom is -0.321 e. The Morgan fingerprint density at radius 2 is 2.00 bits per heavy atom. The third-order valence-corrected chi connectivity index (χ3v) is 6.95. The first-order valence-electron chi connectivity index (χ1n) is 8.67. The van der Waals surface area contributed by atoms with Gasteiger partial charge in [-0.2, -0.15) is 4.31 Å². The molecule has 0 aromatic heterocycles. The number of carbonyl (C=O) groups excluding carboxylic acids is 1. The zero-order valence-electron chi connectivity index (χ0n) is 14.8. The van der Waals surface area contributed by atoms with Crippen LogP contribution in [0.5, 0.6) is 0 Å². The first-order chi connectivity index (χ1) is 12.8. The lowest BCUT2D eigenvalue weighted by Gasteiger charge is -2.32. The van der Waals surface area contributed by atoms with E-state index in [-0.39, 0.29) is 27.2 Å². The Morgan fingerprint density at radius 1 is 1.22 bits per heavy atom. The Bertz CT molecular complexity index is 965. The summed E-state index contributed by atoms with van der Waals surface area (Å²) >= 11 is 5.93. The van der Waals surface area contributed by atoms with Crippen LogP contribution in [0.4, 0.5) is 10.1 Å². The van der Waals surface area contributed by atoms with E-state index in [0.29, 0.717) is 6.54 Å². The summed E-state index contributed by atoms with van der Waals surface area (Å²) in [6.45, 7) is 2.37. The van der Waals surface area contributed by atoms with Crippen molar-refractivity contribution in [1.82, 2.24) is 4.31 Å². The SMILES string of the molecule is CC1CCCCN1S(=O)(=O)c1cccc(C(=O)Nc2ccc(F)cc2Cl)c1. The zero-order valence-corrected chi connectivity index (χ0v) is 16.4. The molecule has 8 heteroatoms. The second kappa shape index (κ2) is 7.96. The largest absolute Gasteiger partial charge is 0.321 e. The number of amides is 1. The average Bonchev–Trinajstić information content (AvgIpc) is 2.64. The number of anilines is 1. The molecule has 27 heavy (non-hydrogen) atoms. The summed E-state index contributed by atoms with van der Waals surface area (Å²) in [5.41, 5.74) is 0.433. The molecule has 144 valence electrons. The zero-order chi connectivity index (χ0) is 19.6. The van der Waals surface area contributed by atoms with Crippen molar-refractivity contribution < 1.29 is 17.6 Å². The normalized spacial score (nSPS) is 18.3. The Labute approximate surface area is 163 Å². The van der Waals surface area contributed by atoms with Crippen molar-refractivity contribution in [3.05, 3.63) is 58.9 Å². The van der Waals surface area contributed by atoms with Gasteiger partial charge in [0.05, 0.1) is 15.6 Å². The lowest BCUT2D eigenvalue weighted by atomic mass is 10.1. The molecule has 2 aromatic carbocycles. The van der Waals surface area contributed by atoms with Crippen molar-refractivity contribution in [3.8, 4) is 0 Å². The number of benzene rings is 2. The van der Waals surface area contributed by atoms with Crippen molar-refractivity contribution >= 4 is 33.2 Å². The Kier molecular flexibility index (Phi) is 5.83. The fraction of sp³-hybridized carbons (Fsp3) is 0.316. The summed E-state index contributed by atoms with van der Waals surface area (Å²) in [5, 5.41) is 2.64. The monoisotopic (exact) mass is 410 g/mol. The Balaban J connectivity index is 1.85. The van der Waals surface area contributed by atoms with Gasteiger partial charge >= 0.3 is 0 Å². The van der Waals surface area contributed by atoms with Crippen molar-refractivity contribution in [3.63, 3.8) is 0 Å². The van der Waals surface area contributed by atoms with Gasteiger partial charge in [-0.1, -0.05) is 24.1 Å². The fourth-order valence-corrected chi connectivity index (χ4v) is 5.11. The van der Waals surface area contributed by atoms with Crippen LogP contribution >= 0.6 is 11.6 Å². The molecule has 0 radical (unpaired) electrons. The van der Waals surface area contributed by atoms with E-state index in [1.165, 1.54) is 40.7 Å². The van der Waals surface area contributed by atoms with Crippen LogP contribution in [0.15, 0.2) is 47.4 Å². The quantitative estimate of drug-likeness (QED) is 0.817. The van der Waals surface area contributed by atoms with Crippen LogP contribution in [-0.2, 0) is 10.0 Å². The molecule has 1 unspecified atom stereocenters. The summed E-state index contributed by atoms with van der Waals surface area (Å²) in [6.07, 6.45) is 2.66. The Hall–Kier alpha value is -1.96. The van der Waals surface area contributed by atoms with Crippen LogP contribution in [-0.4, -0.2) is 31.2 Å². The molecule has 1 amide bonds. The van der Waals surface area contributed by atoms with Crippen LogP contribution in [0.3, 0.4) is 0 Å². The van der Waals surface area contributed by atoms with Crippen LogP contribution in [0.1, 0.15) is 36.5 Å². The van der Waals surface area contributed by atoms with E-state index in [1.54, 1.807) is 0 Å². The van der Waals surface area contributed by atoms with Gasteiger partial charge in [-0.3, -0.25) is 4.79 Å². The Morgan fingerprint density at radius 3 is 2.70 bits per heavy atom. The molecule has 3 rings (SSSR count). The fourth-order valence-electron chi connectivity index (χ4n) is 3.15. The van der Waals surface area contributed by atoms with Gasteiger partial charge in [0, 0.05) is 18.2 Å². The van der Waals surface area contributed by atoms with Crippen LogP contribution < -0.4 is 5.32 Å². The topological polar surface area (TPSA) is 66.5 Å². The van der Waals surface area contributed by atoms with Crippen molar-refractivity contribution in [2.24, 2.45) is 0 Å². The summed E-state index contributed by atoms with van der Waals surface area (Å²) in [6, 6.07) is 9.44. The van der Waals surface area contributed by atoms with E-state index in [0.717, 1.165) is 25.3 Å². The molecule has 1 saturated heterocycles. The standard InChI is InChI=1S/C19H20ClFN2O3S/c1-13-5-2-3-10-23(13)27(25,26)16-7-4-6-14(11-16)19(24)22-18-9-8-15(21)12-17(18)20/h4,6-9,11-13H,2-3,5,10H2,1H3,(H,22,24). The molecule has 0 saturated carbocycles. The lowest BCUT2D eigenvalue weighted by molar-refractivity contribution is 0.102. The molecule has 5 nitrogen and oxygen atoms in total. The van der Waals surface area contributed by atoms with Gasteiger partial charge in [-0.05, 0) is 56.2 Å². The average molecular weight is 411 g/mol. The number of rotatable bonds is 4. The molecule has 1 N–H and O–H groups in total. The number of hydrogen-bond donors (Lipinski definition) is 1. The highest BCUT2D eigenvalue weighted by Gasteiger charge is 2.31. The lowest BCUT2D eigenvalue weighted by Crippen LogP contribution is -2.41. The van der Waals surface area contributed by atoms with Gasteiger partial charge in [-0.25, -0.2) is 12.8 Å². The van der Waals surface area contributed by atoms with Gasteiger partial charge in [0.15, 0.2) is 0 Å². The number of halogens is 2. The third kappa shape index (κ3) is 4.31. The van der Waals surface area contributed by atoms with E-state index in [1.807, 2.05) is 6.92 Å². The van der Waals surface area contributed by atoms with E-state index >= 15 is 0 Å². The van der Waals surface area contributed by atoms with E-state index in [9.17, 15) is 17.6 Å². The van der Waals surface area contributed by atoms with Crippen molar-refractivity contribution in [2.45, 2.75) is 37.1 Å². The molecule has 0 aliphatic carbocycles. The number of nitrogens with zero attached hydrogens (tertiary/aromatic N) is 1. The van der Waals surface area contributed by atoms with E-state index < -0.39 is 21.7 Å². The second-order valence-corrected chi connectivity index (χ2v) is 8.86. The predicted octanol–water partition coefficient (Wildman–Crippen LogP) is 4.29. The third-order valence-electron chi connectivity index (χ3n) is 4.62. The molecular formula is C19H20ClFN2O3S. The number of piperidine rings is 1. The van der Waals surface area contributed by atoms with E-state index in [4.69, 9.17) is 11.6 Å². The summed E-state index contributed by atoms with van der Waals surface area (Å²) in [7, 11) is -3.68. The molecule has 1 aliphatic rings. The number of sulfonamides is 1. The van der Waals surface area contributed by atoms with Crippen molar-refractivity contribution in [1.29, 1.82) is 0 Å². The van der Waals surface area contributed by atoms with Crippen LogP contribution in [0, 0.1) is 5.82 Å². The highest BCUT2D eigenvalue weighted by molar-refractivity contribution is 7.89. The number of hydrogen-bond acceptors (Lipinski definition) is 3. The summed E-state index contributed by atoms with van der Waals surface area (Å²) in [4.78, 5) is 12.6. The number of carbonyl (C=O) groups is 1.